The molecule has 34 heavy (non-hydrogen) atoms. The van der Waals surface area contributed by atoms with Crippen molar-refractivity contribution in [2.45, 2.75) is 47.0 Å². The van der Waals surface area contributed by atoms with E-state index in [0.29, 0.717) is 36.4 Å². The zero-order chi connectivity index (χ0) is 25.3. The number of nitrogen functional groups attached to an aromatic ring is 1. The van der Waals surface area contributed by atoms with Gasteiger partial charge in [-0.2, -0.15) is 0 Å². The zero-order valence-electron chi connectivity index (χ0n) is 20.0. The van der Waals surface area contributed by atoms with E-state index in [4.69, 9.17) is 5.73 Å². The van der Waals surface area contributed by atoms with E-state index in [-0.39, 0.29) is 17.0 Å². The molecule has 0 unspecified atom stereocenters. The lowest BCUT2D eigenvalue weighted by molar-refractivity contribution is 0.0650. The number of carbonyl (C=O) groups is 2. The molecule has 0 bridgehead atoms. The largest absolute Gasteiger partial charge is 0.478 e. The van der Waals surface area contributed by atoms with E-state index in [0.717, 1.165) is 16.7 Å². The number of aromatic nitrogens is 3. The van der Waals surface area contributed by atoms with Crippen molar-refractivity contribution in [3.63, 3.8) is 0 Å². The minimum Gasteiger partial charge on any atom is -0.478 e. The standard InChI is InChI=1S/C23H29NO4.C3H3N3/c1-13(2)9-18-16(11-15-5-7-17(24)8-6-15)12-20(22(25)26)21(23(27)28)19(18)10-14(3)4;1-4-2-6-3-5-1/h5-8,12-14H,9-11,24H2,1-4H3,(H,25,26)(H,27,28);1-3H. The molecular weight excluding hydrogens is 432 g/mol. The van der Waals surface area contributed by atoms with Crippen LogP contribution in [0, 0.1) is 11.8 Å². The molecule has 0 atom stereocenters. The van der Waals surface area contributed by atoms with Crippen LogP contribution in [0.2, 0.25) is 0 Å². The summed E-state index contributed by atoms with van der Waals surface area (Å²) in [7, 11) is 0. The smallest absolute Gasteiger partial charge is 0.336 e. The summed E-state index contributed by atoms with van der Waals surface area (Å²) in [6, 6.07) is 9.01. The number of aromatic carboxylic acids is 2. The van der Waals surface area contributed by atoms with Crippen LogP contribution in [0.1, 0.15) is 70.7 Å². The second-order valence-corrected chi connectivity index (χ2v) is 8.93. The average Bonchev–Trinajstić information content (AvgIpc) is 2.77. The van der Waals surface area contributed by atoms with Crippen molar-refractivity contribution in [3.05, 3.63) is 82.7 Å². The Morgan fingerprint density at radius 3 is 1.74 bits per heavy atom. The quantitative estimate of drug-likeness (QED) is 0.413. The molecule has 0 fully saturated rings. The molecule has 1 heterocycles. The molecule has 0 amide bonds. The highest BCUT2D eigenvalue weighted by atomic mass is 16.4. The van der Waals surface area contributed by atoms with Crippen molar-refractivity contribution in [1.82, 2.24) is 15.0 Å². The van der Waals surface area contributed by atoms with Gasteiger partial charge in [0.1, 0.15) is 19.0 Å². The molecular formula is C26H32N4O4. The lowest BCUT2D eigenvalue weighted by Crippen LogP contribution is -2.18. The molecule has 8 heteroatoms. The fourth-order valence-corrected chi connectivity index (χ4v) is 3.77. The van der Waals surface area contributed by atoms with Crippen LogP contribution in [0.15, 0.2) is 49.3 Å². The molecule has 3 rings (SSSR count). The lowest BCUT2D eigenvalue weighted by atomic mass is 9.82. The maximum Gasteiger partial charge on any atom is 0.336 e. The number of nitrogens with zero attached hydrogens (tertiary/aromatic N) is 3. The number of nitrogens with two attached hydrogens (primary N) is 1. The summed E-state index contributed by atoms with van der Waals surface area (Å²) in [6.45, 7) is 8.19. The third-order valence-electron chi connectivity index (χ3n) is 5.08. The second kappa shape index (κ2) is 12.4. The van der Waals surface area contributed by atoms with Crippen LogP contribution < -0.4 is 5.73 Å². The van der Waals surface area contributed by atoms with Gasteiger partial charge in [0.05, 0.1) is 11.1 Å². The first-order valence-corrected chi connectivity index (χ1v) is 11.1. The summed E-state index contributed by atoms with van der Waals surface area (Å²) in [5.41, 5.74) is 9.72. The first-order valence-electron chi connectivity index (χ1n) is 11.1. The summed E-state index contributed by atoms with van der Waals surface area (Å²) >= 11 is 0. The molecule has 180 valence electrons. The Hall–Kier alpha value is -3.81. The maximum absolute atomic E-state index is 12.0. The molecule has 0 saturated carbocycles. The number of hydrogen-bond acceptors (Lipinski definition) is 6. The third-order valence-corrected chi connectivity index (χ3v) is 5.08. The van der Waals surface area contributed by atoms with Crippen molar-refractivity contribution in [3.8, 4) is 0 Å². The minimum absolute atomic E-state index is 0.0714. The van der Waals surface area contributed by atoms with Gasteiger partial charge < -0.3 is 15.9 Å². The van der Waals surface area contributed by atoms with Gasteiger partial charge in [0, 0.05) is 5.69 Å². The third kappa shape index (κ3) is 7.65. The molecule has 1 aromatic heterocycles. The van der Waals surface area contributed by atoms with Gasteiger partial charge >= 0.3 is 11.9 Å². The van der Waals surface area contributed by atoms with Crippen LogP contribution in [-0.4, -0.2) is 37.1 Å². The summed E-state index contributed by atoms with van der Waals surface area (Å²) in [4.78, 5) is 34.6. The van der Waals surface area contributed by atoms with Crippen LogP contribution in [0.25, 0.3) is 0 Å². The van der Waals surface area contributed by atoms with Crippen LogP contribution in [0.5, 0.6) is 0 Å². The van der Waals surface area contributed by atoms with Crippen LogP contribution >= 0.6 is 0 Å². The van der Waals surface area contributed by atoms with Crippen molar-refractivity contribution >= 4 is 17.6 Å². The van der Waals surface area contributed by atoms with E-state index < -0.39 is 11.9 Å². The highest BCUT2D eigenvalue weighted by Crippen LogP contribution is 2.30. The molecule has 0 radical (unpaired) electrons. The summed E-state index contributed by atoms with van der Waals surface area (Å²) in [6.07, 6.45) is 6.08. The van der Waals surface area contributed by atoms with Gasteiger partial charge in [-0.1, -0.05) is 39.8 Å². The highest BCUT2D eigenvalue weighted by molar-refractivity contribution is 6.03. The van der Waals surface area contributed by atoms with Gasteiger partial charge in [-0.3, -0.25) is 0 Å². The Kier molecular flexibility index (Phi) is 9.67. The van der Waals surface area contributed by atoms with Gasteiger partial charge in [0.2, 0.25) is 0 Å². The predicted molar refractivity (Wildman–Crippen MR) is 131 cm³/mol. The SMILES string of the molecule is CC(C)Cc1c(Cc2ccc(N)cc2)cc(C(=O)O)c(C(=O)O)c1CC(C)C.c1ncncn1. The van der Waals surface area contributed by atoms with Crippen LogP contribution in [0.3, 0.4) is 0 Å². The lowest BCUT2D eigenvalue weighted by Gasteiger charge is -2.22. The Balaban J connectivity index is 0.000000589. The van der Waals surface area contributed by atoms with E-state index in [1.54, 1.807) is 6.07 Å². The number of anilines is 1. The fourth-order valence-electron chi connectivity index (χ4n) is 3.77. The molecule has 2 aromatic carbocycles. The van der Waals surface area contributed by atoms with E-state index in [9.17, 15) is 19.8 Å². The van der Waals surface area contributed by atoms with E-state index >= 15 is 0 Å². The highest BCUT2D eigenvalue weighted by Gasteiger charge is 2.26. The van der Waals surface area contributed by atoms with E-state index in [2.05, 4.69) is 28.8 Å². The molecule has 3 aromatic rings. The number of carboxylic acids is 2. The molecule has 8 nitrogen and oxygen atoms in total. The first-order chi connectivity index (χ1) is 16.1. The summed E-state index contributed by atoms with van der Waals surface area (Å²) in [5, 5.41) is 19.5. The normalized spacial score (nSPS) is 10.6. The number of carboxylic acid groups (broad SMARTS) is 2. The van der Waals surface area contributed by atoms with Gasteiger partial charge in [0.25, 0.3) is 0 Å². The Labute approximate surface area is 199 Å². The van der Waals surface area contributed by atoms with Crippen LogP contribution in [0.4, 0.5) is 5.69 Å². The first kappa shape index (κ1) is 26.4. The number of hydrogen-bond donors (Lipinski definition) is 3. The number of rotatable bonds is 8. The molecule has 0 spiro atoms. The monoisotopic (exact) mass is 464 g/mol. The van der Waals surface area contributed by atoms with E-state index in [1.807, 2.05) is 38.1 Å². The minimum atomic E-state index is -1.21. The fraction of sp³-hybridized carbons (Fsp3) is 0.346. The van der Waals surface area contributed by atoms with E-state index in [1.165, 1.54) is 19.0 Å². The number of benzene rings is 2. The zero-order valence-corrected chi connectivity index (χ0v) is 20.0. The van der Waals surface area contributed by atoms with Gasteiger partial charge in [-0.05, 0) is 71.6 Å². The molecule has 0 aliphatic carbocycles. The average molecular weight is 465 g/mol. The second-order valence-electron chi connectivity index (χ2n) is 8.93. The molecule has 0 aliphatic heterocycles. The predicted octanol–water partition coefficient (Wildman–Crippen LogP) is 4.52. The van der Waals surface area contributed by atoms with Crippen LogP contribution in [-0.2, 0) is 19.3 Å². The maximum atomic E-state index is 12.0. The molecule has 0 saturated heterocycles. The summed E-state index contributed by atoms with van der Waals surface area (Å²) in [5.74, 6) is -1.88. The Morgan fingerprint density at radius 1 is 0.824 bits per heavy atom. The Morgan fingerprint density at radius 2 is 1.32 bits per heavy atom. The van der Waals surface area contributed by atoms with Crippen molar-refractivity contribution in [2.75, 3.05) is 5.73 Å². The molecule has 0 aliphatic rings. The van der Waals surface area contributed by atoms with Crippen molar-refractivity contribution < 1.29 is 19.8 Å². The van der Waals surface area contributed by atoms with Gasteiger partial charge in [-0.15, -0.1) is 0 Å². The van der Waals surface area contributed by atoms with Crippen molar-refractivity contribution in [2.24, 2.45) is 11.8 Å². The molecule has 4 N–H and O–H groups in total. The van der Waals surface area contributed by atoms with Crippen molar-refractivity contribution in [1.29, 1.82) is 0 Å². The van der Waals surface area contributed by atoms with Gasteiger partial charge in [-0.25, -0.2) is 24.5 Å². The van der Waals surface area contributed by atoms with Gasteiger partial charge in [0.15, 0.2) is 0 Å². The Bertz CT molecular complexity index is 1070. The summed E-state index contributed by atoms with van der Waals surface area (Å²) < 4.78 is 0. The topological polar surface area (TPSA) is 139 Å².